The first kappa shape index (κ1) is 10.9. The summed E-state index contributed by atoms with van der Waals surface area (Å²) in [5.74, 6) is 0.943. The number of benzene rings is 1. The van der Waals surface area contributed by atoms with Crippen LogP contribution in [0, 0.1) is 0 Å². The smallest absolute Gasteiger partial charge is 0.120 e. The second-order valence-electron chi connectivity index (χ2n) is 4.93. The summed E-state index contributed by atoms with van der Waals surface area (Å²) in [5.41, 5.74) is 2.70. The van der Waals surface area contributed by atoms with E-state index in [4.69, 9.17) is 4.74 Å². The van der Waals surface area contributed by atoms with Gasteiger partial charge in [-0.1, -0.05) is 6.07 Å². The first-order valence-corrected chi connectivity index (χ1v) is 6.54. The fraction of sp³-hybridized carbons (Fsp3) is 0.571. The van der Waals surface area contributed by atoms with Gasteiger partial charge in [-0.25, -0.2) is 0 Å². The first-order valence-electron chi connectivity index (χ1n) is 6.54. The Hall–Kier alpha value is -1.22. The number of hydrogen-bond acceptors (Lipinski definition) is 3. The van der Waals surface area contributed by atoms with E-state index in [1.807, 2.05) is 0 Å². The summed E-state index contributed by atoms with van der Waals surface area (Å²) in [5, 5.41) is 3.48. The molecule has 0 radical (unpaired) electrons. The van der Waals surface area contributed by atoms with Crippen LogP contribution < -0.4 is 10.1 Å². The highest BCUT2D eigenvalue weighted by Gasteiger charge is 2.27. The van der Waals surface area contributed by atoms with Gasteiger partial charge in [0.25, 0.3) is 0 Å². The minimum atomic E-state index is 0.611. The average molecular weight is 232 g/mol. The summed E-state index contributed by atoms with van der Waals surface area (Å²) in [4.78, 5) is 2.63. The zero-order valence-corrected chi connectivity index (χ0v) is 10.4. The van der Waals surface area contributed by atoms with Crippen molar-refractivity contribution in [3.63, 3.8) is 0 Å². The molecule has 1 atom stereocenters. The maximum atomic E-state index is 5.29. The van der Waals surface area contributed by atoms with Gasteiger partial charge >= 0.3 is 0 Å². The summed E-state index contributed by atoms with van der Waals surface area (Å²) in [6.07, 6.45) is 3.93. The van der Waals surface area contributed by atoms with E-state index in [0.717, 1.165) is 12.3 Å². The molecule has 3 nitrogen and oxygen atoms in total. The van der Waals surface area contributed by atoms with Gasteiger partial charge in [0.2, 0.25) is 0 Å². The molecule has 3 rings (SSSR count). The number of nitrogens with one attached hydrogen (secondary N) is 1. The van der Waals surface area contributed by atoms with Crippen molar-refractivity contribution < 1.29 is 4.74 Å². The lowest BCUT2D eigenvalue weighted by Crippen LogP contribution is -2.31. The van der Waals surface area contributed by atoms with Crippen LogP contribution in [-0.4, -0.2) is 31.6 Å². The second-order valence-corrected chi connectivity index (χ2v) is 4.93. The fourth-order valence-corrected chi connectivity index (χ4v) is 3.04. The standard InChI is InChI=1S/C14H20N2O/c1-17-11-4-5-12-13(10-11)15-7-6-14(12)16-8-2-3-9-16/h4-5,10,14-15H,2-3,6-9H2,1H3. The molecule has 0 spiro atoms. The van der Waals surface area contributed by atoms with Crippen molar-refractivity contribution in [2.75, 3.05) is 32.1 Å². The Bertz CT molecular complexity index is 399. The number of methoxy groups -OCH3 is 1. The Kier molecular flexibility index (Phi) is 2.93. The Morgan fingerprint density at radius 2 is 2.12 bits per heavy atom. The number of likely N-dealkylation sites (tertiary alicyclic amines) is 1. The SMILES string of the molecule is COc1ccc2c(c1)NCCC2N1CCCC1. The normalized spacial score (nSPS) is 24.2. The van der Waals surface area contributed by atoms with Gasteiger partial charge in [-0.05, 0) is 44.0 Å². The van der Waals surface area contributed by atoms with Crippen LogP contribution >= 0.6 is 0 Å². The lowest BCUT2D eigenvalue weighted by atomic mass is 9.96. The molecule has 2 aliphatic heterocycles. The summed E-state index contributed by atoms with van der Waals surface area (Å²) in [7, 11) is 1.72. The van der Waals surface area contributed by atoms with Gasteiger partial charge in [0.05, 0.1) is 7.11 Å². The molecule has 1 fully saturated rings. The molecule has 1 unspecified atom stereocenters. The van der Waals surface area contributed by atoms with Gasteiger partial charge in [0, 0.05) is 24.3 Å². The largest absolute Gasteiger partial charge is 0.497 e. The monoisotopic (exact) mass is 232 g/mol. The Labute approximate surface area is 103 Å². The zero-order chi connectivity index (χ0) is 11.7. The predicted octanol–water partition coefficient (Wildman–Crippen LogP) is 2.65. The van der Waals surface area contributed by atoms with Crippen molar-refractivity contribution in [2.24, 2.45) is 0 Å². The quantitative estimate of drug-likeness (QED) is 0.848. The molecule has 0 aromatic heterocycles. The van der Waals surface area contributed by atoms with Crippen LogP contribution in [-0.2, 0) is 0 Å². The molecule has 1 saturated heterocycles. The minimum Gasteiger partial charge on any atom is -0.497 e. The predicted molar refractivity (Wildman–Crippen MR) is 69.6 cm³/mol. The Balaban J connectivity index is 1.90. The van der Waals surface area contributed by atoms with E-state index in [1.54, 1.807) is 7.11 Å². The Morgan fingerprint density at radius 3 is 2.88 bits per heavy atom. The summed E-state index contributed by atoms with van der Waals surface area (Å²) < 4.78 is 5.29. The van der Waals surface area contributed by atoms with E-state index in [9.17, 15) is 0 Å². The number of ether oxygens (including phenoxy) is 1. The molecule has 1 aromatic carbocycles. The average Bonchev–Trinajstić information content (AvgIpc) is 2.91. The van der Waals surface area contributed by atoms with Gasteiger partial charge in [0.1, 0.15) is 5.75 Å². The molecular weight excluding hydrogens is 212 g/mol. The highest BCUT2D eigenvalue weighted by Crippen LogP contribution is 2.37. The van der Waals surface area contributed by atoms with Gasteiger partial charge < -0.3 is 10.1 Å². The second kappa shape index (κ2) is 4.57. The van der Waals surface area contributed by atoms with E-state index in [0.29, 0.717) is 6.04 Å². The highest BCUT2D eigenvalue weighted by molar-refractivity contribution is 5.58. The molecule has 0 saturated carbocycles. The number of rotatable bonds is 2. The number of fused-ring (bicyclic) bond motifs is 1. The van der Waals surface area contributed by atoms with Crippen molar-refractivity contribution in [3.05, 3.63) is 23.8 Å². The summed E-state index contributed by atoms with van der Waals surface area (Å²) in [6.45, 7) is 3.59. The number of nitrogens with zero attached hydrogens (tertiary/aromatic N) is 1. The minimum absolute atomic E-state index is 0.611. The molecule has 0 amide bonds. The van der Waals surface area contributed by atoms with Crippen LogP contribution in [0.1, 0.15) is 30.9 Å². The molecule has 1 N–H and O–H groups in total. The Morgan fingerprint density at radius 1 is 1.29 bits per heavy atom. The lowest BCUT2D eigenvalue weighted by Gasteiger charge is -2.33. The zero-order valence-electron chi connectivity index (χ0n) is 10.4. The van der Waals surface area contributed by atoms with Crippen molar-refractivity contribution >= 4 is 5.69 Å². The summed E-state index contributed by atoms with van der Waals surface area (Å²) >= 11 is 0. The molecule has 17 heavy (non-hydrogen) atoms. The van der Waals surface area contributed by atoms with Crippen LogP contribution in [0.4, 0.5) is 5.69 Å². The molecular formula is C14H20N2O. The van der Waals surface area contributed by atoms with Crippen molar-refractivity contribution in [1.82, 2.24) is 4.90 Å². The summed E-state index contributed by atoms with van der Waals surface area (Å²) in [6, 6.07) is 7.04. The van der Waals surface area contributed by atoms with E-state index >= 15 is 0 Å². The van der Waals surface area contributed by atoms with E-state index in [-0.39, 0.29) is 0 Å². The van der Waals surface area contributed by atoms with Crippen molar-refractivity contribution in [3.8, 4) is 5.75 Å². The van der Waals surface area contributed by atoms with Gasteiger partial charge in [0.15, 0.2) is 0 Å². The van der Waals surface area contributed by atoms with Crippen LogP contribution in [0.3, 0.4) is 0 Å². The molecule has 2 heterocycles. The molecule has 0 aliphatic carbocycles. The van der Waals surface area contributed by atoms with E-state index < -0.39 is 0 Å². The van der Waals surface area contributed by atoms with Crippen LogP contribution in [0.15, 0.2) is 18.2 Å². The highest BCUT2D eigenvalue weighted by atomic mass is 16.5. The topological polar surface area (TPSA) is 24.5 Å². The van der Waals surface area contributed by atoms with Gasteiger partial charge in [-0.15, -0.1) is 0 Å². The maximum absolute atomic E-state index is 5.29. The number of hydrogen-bond donors (Lipinski definition) is 1. The third-order valence-electron chi connectivity index (χ3n) is 3.93. The van der Waals surface area contributed by atoms with Crippen LogP contribution in [0.5, 0.6) is 5.75 Å². The van der Waals surface area contributed by atoms with Crippen LogP contribution in [0.25, 0.3) is 0 Å². The fourth-order valence-electron chi connectivity index (χ4n) is 3.04. The van der Waals surface area contributed by atoms with Crippen molar-refractivity contribution in [1.29, 1.82) is 0 Å². The van der Waals surface area contributed by atoms with Crippen molar-refractivity contribution in [2.45, 2.75) is 25.3 Å². The lowest BCUT2D eigenvalue weighted by molar-refractivity contribution is 0.234. The van der Waals surface area contributed by atoms with E-state index in [2.05, 4.69) is 28.4 Å². The van der Waals surface area contributed by atoms with Gasteiger partial charge in [-0.3, -0.25) is 4.90 Å². The molecule has 3 heteroatoms. The van der Waals surface area contributed by atoms with Gasteiger partial charge in [-0.2, -0.15) is 0 Å². The molecule has 92 valence electrons. The number of anilines is 1. The molecule has 1 aromatic rings. The maximum Gasteiger partial charge on any atom is 0.120 e. The van der Waals surface area contributed by atoms with Crippen LogP contribution in [0.2, 0.25) is 0 Å². The molecule has 2 aliphatic rings. The third kappa shape index (κ3) is 2.00. The van der Waals surface area contributed by atoms with E-state index in [1.165, 1.54) is 43.6 Å². The molecule has 0 bridgehead atoms. The first-order chi connectivity index (χ1) is 8.38. The third-order valence-corrected chi connectivity index (χ3v) is 3.93.